The fourth-order valence-electron chi connectivity index (χ4n) is 3.92. The molecule has 0 saturated heterocycles. The van der Waals surface area contributed by atoms with E-state index in [1.54, 1.807) is 38.5 Å². The molecule has 1 N–H and O–H groups in total. The van der Waals surface area contributed by atoms with Crippen LogP contribution in [-0.4, -0.2) is 45.2 Å². The van der Waals surface area contributed by atoms with Gasteiger partial charge in [0.05, 0.1) is 14.2 Å². The van der Waals surface area contributed by atoms with Gasteiger partial charge in [0.2, 0.25) is 0 Å². The lowest BCUT2D eigenvalue weighted by Crippen LogP contribution is -2.37. The Morgan fingerprint density at radius 1 is 0.812 bits per heavy atom. The Balaban J connectivity index is 2.29. The minimum Gasteiger partial charge on any atom is -0.497 e. The number of aliphatic hydroxyl groups excluding tert-OH is 1. The average molecular weight is 455 g/mol. The first-order chi connectivity index (χ1) is 15.4. The molecular formula is C25H26O6S. The first kappa shape index (κ1) is 23.5. The van der Waals surface area contributed by atoms with Crippen LogP contribution in [-0.2, 0) is 20.0 Å². The first-order valence-corrected chi connectivity index (χ1v) is 11.8. The largest absolute Gasteiger partial charge is 0.497 e. The number of methoxy groups -OCH3 is 2. The Bertz CT molecular complexity index is 1080. The third-order valence-electron chi connectivity index (χ3n) is 5.63. The summed E-state index contributed by atoms with van der Waals surface area (Å²) in [6.45, 7) is 0. The minimum atomic E-state index is -4.06. The van der Waals surface area contributed by atoms with E-state index in [0.717, 1.165) is 16.7 Å². The van der Waals surface area contributed by atoms with Crippen molar-refractivity contribution in [3.8, 4) is 11.5 Å². The lowest BCUT2D eigenvalue weighted by Gasteiger charge is -2.37. The maximum Gasteiger partial charge on any atom is 0.183 e. The van der Waals surface area contributed by atoms with E-state index in [-0.39, 0.29) is 6.42 Å². The van der Waals surface area contributed by atoms with E-state index in [1.165, 1.54) is 0 Å². The van der Waals surface area contributed by atoms with Crippen molar-refractivity contribution >= 4 is 16.1 Å². The smallest absolute Gasteiger partial charge is 0.183 e. The van der Waals surface area contributed by atoms with Crippen LogP contribution in [0.4, 0.5) is 0 Å². The molecule has 0 radical (unpaired) electrons. The van der Waals surface area contributed by atoms with Gasteiger partial charge in [0.15, 0.2) is 15.3 Å². The molecule has 0 aliphatic carbocycles. The molecular weight excluding hydrogens is 428 g/mol. The standard InChI is InChI=1S/C25H26O6S/c1-30-22-12-8-20(9-13-22)25(19-6-4-3-5-7-19,18-24(27)32(28,29)17-16-26)21-10-14-23(31-2)15-11-21/h3-16,24,27H,17-18H2,1-2H3. The van der Waals surface area contributed by atoms with Crippen LogP contribution in [0.3, 0.4) is 0 Å². The maximum absolute atomic E-state index is 12.6. The van der Waals surface area contributed by atoms with Crippen LogP contribution in [0.15, 0.2) is 78.9 Å². The van der Waals surface area contributed by atoms with Crippen LogP contribution in [0.5, 0.6) is 11.5 Å². The molecule has 168 valence electrons. The number of aldehydes is 1. The highest BCUT2D eigenvalue weighted by atomic mass is 32.2. The van der Waals surface area contributed by atoms with Gasteiger partial charge < -0.3 is 19.4 Å². The fraction of sp³-hybridized carbons (Fsp3) is 0.240. The maximum atomic E-state index is 12.6. The van der Waals surface area contributed by atoms with Gasteiger partial charge in [0, 0.05) is 11.8 Å². The van der Waals surface area contributed by atoms with Crippen molar-refractivity contribution in [2.24, 2.45) is 0 Å². The predicted octanol–water partition coefficient (Wildman–Crippen LogP) is 3.36. The van der Waals surface area contributed by atoms with Gasteiger partial charge in [-0.15, -0.1) is 0 Å². The normalized spacial score (nSPS) is 12.7. The molecule has 0 amide bonds. The molecule has 3 aromatic carbocycles. The monoisotopic (exact) mass is 454 g/mol. The fourth-order valence-corrected chi connectivity index (χ4v) is 4.84. The Hall–Kier alpha value is -3.16. The summed E-state index contributed by atoms with van der Waals surface area (Å²) in [5.74, 6) is 0.559. The SMILES string of the molecule is COc1ccc(C(CC(O)S(=O)(=O)CC=O)(c2ccccc2)c2ccc(OC)cc2)cc1. The number of ether oxygens (including phenoxy) is 2. The third-order valence-corrected chi connectivity index (χ3v) is 7.22. The summed E-state index contributed by atoms with van der Waals surface area (Å²) in [5, 5.41) is 10.8. The summed E-state index contributed by atoms with van der Waals surface area (Å²) in [4.78, 5) is 10.9. The number of aliphatic hydroxyl groups is 1. The molecule has 3 aromatic rings. The zero-order chi connectivity index (χ0) is 23.2. The van der Waals surface area contributed by atoms with E-state index in [4.69, 9.17) is 9.47 Å². The molecule has 1 atom stereocenters. The van der Waals surface area contributed by atoms with Gasteiger partial charge >= 0.3 is 0 Å². The average Bonchev–Trinajstić information content (AvgIpc) is 2.83. The van der Waals surface area contributed by atoms with E-state index in [2.05, 4.69) is 0 Å². The molecule has 7 heteroatoms. The topological polar surface area (TPSA) is 89.9 Å². The zero-order valence-corrected chi connectivity index (χ0v) is 18.8. The quantitative estimate of drug-likeness (QED) is 0.373. The summed E-state index contributed by atoms with van der Waals surface area (Å²) in [5.41, 5.74) is -0.423. The Kier molecular flexibility index (Phi) is 7.33. The summed E-state index contributed by atoms with van der Waals surface area (Å²) in [7, 11) is -0.919. The molecule has 0 aliphatic rings. The van der Waals surface area contributed by atoms with E-state index in [0.29, 0.717) is 17.8 Å². The lowest BCUT2D eigenvalue weighted by molar-refractivity contribution is -0.105. The van der Waals surface area contributed by atoms with E-state index >= 15 is 0 Å². The molecule has 0 aromatic heterocycles. The van der Waals surface area contributed by atoms with Crippen LogP contribution in [0.1, 0.15) is 23.1 Å². The van der Waals surface area contributed by atoms with Gasteiger partial charge in [-0.2, -0.15) is 0 Å². The van der Waals surface area contributed by atoms with Gasteiger partial charge in [-0.25, -0.2) is 8.42 Å². The van der Waals surface area contributed by atoms with Crippen molar-refractivity contribution in [1.82, 2.24) is 0 Å². The minimum absolute atomic E-state index is 0.175. The highest BCUT2D eigenvalue weighted by Gasteiger charge is 2.41. The van der Waals surface area contributed by atoms with Crippen LogP contribution in [0, 0.1) is 0 Å². The van der Waals surface area contributed by atoms with Crippen LogP contribution < -0.4 is 9.47 Å². The molecule has 3 rings (SSSR count). The van der Waals surface area contributed by atoms with Crippen LogP contribution >= 0.6 is 0 Å². The zero-order valence-electron chi connectivity index (χ0n) is 18.0. The summed E-state index contributed by atoms with van der Waals surface area (Å²) < 4.78 is 35.7. The Morgan fingerprint density at radius 3 is 1.66 bits per heavy atom. The van der Waals surface area contributed by atoms with Gasteiger partial charge in [-0.3, -0.25) is 0 Å². The molecule has 0 aliphatic heterocycles. The van der Waals surface area contributed by atoms with E-state index in [9.17, 15) is 18.3 Å². The molecule has 32 heavy (non-hydrogen) atoms. The second-order valence-corrected chi connectivity index (χ2v) is 9.59. The Labute approximate surface area is 188 Å². The summed E-state index contributed by atoms with van der Waals surface area (Å²) in [6.07, 6.45) is 0.120. The lowest BCUT2D eigenvalue weighted by atomic mass is 9.67. The highest BCUT2D eigenvalue weighted by Crippen LogP contribution is 2.44. The van der Waals surface area contributed by atoms with Crippen molar-refractivity contribution in [2.45, 2.75) is 17.3 Å². The van der Waals surface area contributed by atoms with Crippen molar-refractivity contribution < 1.29 is 27.8 Å². The van der Waals surface area contributed by atoms with E-state index < -0.39 is 26.4 Å². The van der Waals surface area contributed by atoms with Gasteiger partial charge in [0.1, 0.15) is 23.5 Å². The molecule has 0 bridgehead atoms. The number of carbonyl (C=O) groups is 1. The van der Waals surface area contributed by atoms with Crippen LogP contribution in [0.2, 0.25) is 0 Å². The number of hydrogen-bond donors (Lipinski definition) is 1. The van der Waals surface area contributed by atoms with Crippen molar-refractivity contribution in [1.29, 1.82) is 0 Å². The number of carbonyl (C=O) groups excluding carboxylic acids is 1. The summed E-state index contributed by atoms with van der Waals surface area (Å²) in [6, 6.07) is 24.0. The number of rotatable bonds is 10. The second kappa shape index (κ2) is 9.97. The predicted molar refractivity (Wildman–Crippen MR) is 123 cm³/mol. The molecule has 1 unspecified atom stereocenters. The Morgan fingerprint density at radius 2 is 1.25 bits per heavy atom. The molecule has 0 saturated carbocycles. The number of sulfone groups is 1. The first-order valence-electron chi connectivity index (χ1n) is 10.0. The number of hydrogen-bond acceptors (Lipinski definition) is 6. The van der Waals surface area contributed by atoms with Gasteiger partial charge in [-0.05, 0) is 41.0 Å². The molecule has 0 heterocycles. The van der Waals surface area contributed by atoms with Crippen molar-refractivity contribution in [2.75, 3.05) is 20.0 Å². The number of benzene rings is 3. The van der Waals surface area contributed by atoms with Gasteiger partial charge in [-0.1, -0.05) is 54.6 Å². The molecule has 0 spiro atoms. The second-order valence-electron chi connectivity index (χ2n) is 7.38. The van der Waals surface area contributed by atoms with E-state index in [1.807, 2.05) is 54.6 Å². The van der Waals surface area contributed by atoms with Crippen molar-refractivity contribution in [3.05, 3.63) is 95.6 Å². The highest BCUT2D eigenvalue weighted by molar-refractivity contribution is 7.92. The third kappa shape index (κ3) is 4.69. The molecule has 0 fully saturated rings. The summed E-state index contributed by atoms with van der Waals surface area (Å²) >= 11 is 0. The van der Waals surface area contributed by atoms with Crippen molar-refractivity contribution in [3.63, 3.8) is 0 Å². The van der Waals surface area contributed by atoms with Gasteiger partial charge in [0.25, 0.3) is 0 Å². The molecule has 6 nitrogen and oxygen atoms in total. The van der Waals surface area contributed by atoms with Crippen LogP contribution in [0.25, 0.3) is 0 Å².